The first-order valence-electron chi connectivity index (χ1n) is 5.41. The van der Waals surface area contributed by atoms with Crippen LogP contribution in [0.2, 0.25) is 0 Å². The zero-order chi connectivity index (χ0) is 12.2. The zero-order valence-electron chi connectivity index (χ0n) is 9.75. The molecule has 1 heterocycles. The highest BCUT2D eigenvalue weighted by Crippen LogP contribution is 2.20. The molecule has 1 rings (SSSR count). The first kappa shape index (κ1) is 12.7. The Balaban J connectivity index is 2.40. The van der Waals surface area contributed by atoms with E-state index in [1.165, 1.54) is 4.90 Å². The van der Waals surface area contributed by atoms with Crippen molar-refractivity contribution in [3.8, 4) is 6.07 Å². The van der Waals surface area contributed by atoms with Gasteiger partial charge in [-0.3, -0.25) is 19.8 Å². The lowest BCUT2D eigenvalue weighted by Gasteiger charge is -2.26. The predicted molar refractivity (Wildman–Crippen MR) is 58.2 cm³/mol. The van der Waals surface area contributed by atoms with E-state index in [4.69, 9.17) is 5.26 Å². The predicted octanol–water partition coefficient (Wildman–Crippen LogP) is 0.275. The third-order valence-corrected chi connectivity index (χ3v) is 2.64. The van der Waals surface area contributed by atoms with Gasteiger partial charge in [-0.1, -0.05) is 0 Å². The number of piperazine rings is 1. The molecular weight excluding hydrogens is 206 g/mol. The number of nitriles is 1. The van der Waals surface area contributed by atoms with Crippen LogP contribution in [0.25, 0.3) is 0 Å². The summed E-state index contributed by atoms with van der Waals surface area (Å²) in [5.74, 6) is -0.350. The molecule has 1 fully saturated rings. The molecule has 1 aliphatic heterocycles. The number of carbonyl (C=O) groups excluding carboxylic acids is 2. The van der Waals surface area contributed by atoms with E-state index in [9.17, 15) is 9.59 Å². The van der Waals surface area contributed by atoms with Gasteiger partial charge in [0.15, 0.2) is 0 Å². The van der Waals surface area contributed by atoms with Gasteiger partial charge in [-0.25, -0.2) is 0 Å². The molecular formula is C11H17N3O2. The second kappa shape index (κ2) is 5.08. The van der Waals surface area contributed by atoms with Gasteiger partial charge in [0.05, 0.1) is 24.6 Å². The summed E-state index contributed by atoms with van der Waals surface area (Å²) in [6, 6.07) is 2.20. The first-order valence-corrected chi connectivity index (χ1v) is 5.41. The minimum Gasteiger partial charge on any atom is -0.300 e. The number of carbonyl (C=O) groups is 2. The van der Waals surface area contributed by atoms with E-state index in [0.29, 0.717) is 19.4 Å². The number of rotatable bonds is 4. The third-order valence-electron chi connectivity index (χ3n) is 2.64. The van der Waals surface area contributed by atoms with Crippen molar-refractivity contribution < 1.29 is 9.59 Å². The monoisotopic (exact) mass is 223 g/mol. The lowest BCUT2D eigenvalue weighted by atomic mass is 9.90. The number of amides is 2. The molecule has 1 aliphatic rings. The van der Waals surface area contributed by atoms with E-state index in [0.717, 1.165) is 0 Å². The van der Waals surface area contributed by atoms with Gasteiger partial charge in [0.1, 0.15) is 0 Å². The topological polar surface area (TPSA) is 73.2 Å². The summed E-state index contributed by atoms with van der Waals surface area (Å²) in [6.07, 6.45) is 1.37. The highest BCUT2D eigenvalue weighted by molar-refractivity contribution is 5.99. The molecule has 0 aromatic heterocycles. The molecule has 16 heavy (non-hydrogen) atoms. The van der Waals surface area contributed by atoms with Crippen molar-refractivity contribution in [2.45, 2.75) is 26.7 Å². The Morgan fingerprint density at radius 1 is 1.38 bits per heavy atom. The molecule has 0 bridgehead atoms. The van der Waals surface area contributed by atoms with E-state index in [1.807, 2.05) is 13.8 Å². The maximum absolute atomic E-state index is 11.4. The van der Waals surface area contributed by atoms with Crippen molar-refractivity contribution in [3.05, 3.63) is 0 Å². The van der Waals surface area contributed by atoms with Gasteiger partial charge in [-0.15, -0.1) is 0 Å². The average Bonchev–Trinajstić information content (AvgIpc) is 2.22. The molecule has 0 radical (unpaired) electrons. The fourth-order valence-corrected chi connectivity index (χ4v) is 1.59. The number of hydrogen-bond acceptors (Lipinski definition) is 4. The molecule has 0 aliphatic carbocycles. The molecule has 0 aromatic carbocycles. The Morgan fingerprint density at radius 3 is 2.44 bits per heavy atom. The Morgan fingerprint density at radius 2 is 1.94 bits per heavy atom. The minimum absolute atomic E-state index is 0.175. The number of hydrogen-bond donors (Lipinski definition) is 1. The minimum atomic E-state index is -0.389. The van der Waals surface area contributed by atoms with Crippen LogP contribution in [0.15, 0.2) is 0 Å². The fraction of sp³-hybridized carbons (Fsp3) is 0.727. The summed E-state index contributed by atoms with van der Waals surface area (Å²) in [7, 11) is 0. The maximum atomic E-state index is 11.4. The van der Waals surface area contributed by atoms with E-state index >= 15 is 0 Å². The van der Waals surface area contributed by atoms with Crippen LogP contribution in [0.3, 0.4) is 0 Å². The summed E-state index contributed by atoms with van der Waals surface area (Å²) >= 11 is 0. The second-order valence-corrected chi connectivity index (χ2v) is 4.64. The molecule has 0 aromatic rings. The van der Waals surface area contributed by atoms with Crippen LogP contribution in [-0.4, -0.2) is 36.3 Å². The van der Waals surface area contributed by atoms with Crippen LogP contribution >= 0.6 is 0 Å². The molecule has 5 nitrogen and oxygen atoms in total. The van der Waals surface area contributed by atoms with Gasteiger partial charge in [0.25, 0.3) is 0 Å². The highest BCUT2D eigenvalue weighted by Gasteiger charge is 2.26. The molecule has 1 N–H and O–H groups in total. The Bertz CT molecular complexity index is 315. The molecule has 0 unspecified atom stereocenters. The molecule has 1 saturated heterocycles. The Kier molecular flexibility index (Phi) is 4.02. The van der Waals surface area contributed by atoms with Crippen LogP contribution < -0.4 is 5.32 Å². The van der Waals surface area contributed by atoms with Gasteiger partial charge in [-0.05, 0) is 26.7 Å². The molecule has 5 heteroatoms. The summed E-state index contributed by atoms with van der Waals surface area (Å²) < 4.78 is 0. The van der Waals surface area contributed by atoms with Crippen molar-refractivity contribution in [3.63, 3.8) is 0 Å². The smallest absolute Gasteiger partial charge is 0.243 e. The van der Waals surface area contributed by atoms with Gasteiger partial charge >= 0.3 is 0 Å². The first-order chi connectivity index (χ1) is 7.46. The van der Waals surface area contributed by atoms with Crippen molar-refractivity contribution in [2.75, 3.05) is 19.6 Å². The SMILES string of the molecule is CC(C)(C#N)CCCN1C(=O)CNCC1=O. The number of nitrogens with zero attached hydrogens (tertiary/aromatic N) is 2. The summed E-state index contributed by atoms with van der Waals surface area (Å²) in [6.45, 7) is 4.59. The van der Waals surface area contributed by atoms with Crippen molar-refractivity contribution in [1.82, 2.24) is 10.2 Å². The third kappa shape index (κ3) is 3.31. The quantitative estimate of drug-likeness (QED) is 0.694. The van der Waals surface area contributed by atoms with Crippen LogP contribution in [0.4, 0.5) is 0 Å². The molecule has 0 saturated carbocycles. The van der Waals surface area contributed by atoms with Gasteiger partial charge in [0, 0.05) is 6.54 Å². The summed E-state index contributed by atoms with van der Waals surface area (Å²) in [4.78, 5) is 24.1. The average molecular weight is 223 g/mol. The Hall–Kier alpha value is -1.41. The maximum Gasteiger partial charge on any atom is 0.243 e. The van der Waals surface area contributed by atoms with E-state index in [1.54, 1.807) is 0 Å². The van der Waals surface area contributed by atoms with Crippen LogP contribution in [0.1, 0.15) is 26.7 Å². The standard InChI is InChI=1S/C11H17N3O2/c1-11(2,8-12)4-3-5-14-9(15)6-13-7-10(14)16/h13H,3-7H2,1-2H3. The van der Waals surface area contributed by atoms with Gasteiger partial charge in [0.2, 0.25) is 11.8 Å². The largest absolute Gasteiger partial charge is 0.300 e. The summed E-state index contributed by atoms with van der Waals surface area (Å²) in [5.41, 5.74) is -0.389. The molecule has 88 valence electrons. The zero-order valence-corrected chi connectivity index (χ0v) is 9.75. The van der Waals surface area contributed by atoms with E-state index < -0.39 is 0 Å². The fourth-order valence-electron chi connectivity index (χ4n) is 1.59. The summed E-state index contributed by atoms with van der Waals surface area (Å²) in [5, 5.41) is 11.6. The van der Waals surface area contributed by atoms with Crippen molar-refractivity contribution >= 4 is 11.8 Å². The number of nitrogens with one attached hydrogen (secondary N) is 1. The normalized spacial score (nSPS) is 17.4. The van der Waals surface area contributed by atoms with E-state index in [2.05, 4.69) is 11.4 Å². The van der Waals surface area contributed by atoms with Crippen molar-refractivity contribution in [2.24, 2.45) is 5.41 Å². The van der Waals surface area contributed by atoms with E-state index in [-0.39, 0.29) is 30.3 Å². The Labute approximate surface area is 95.4 Å². The number of imide groups is 1. The van der Waals surface area contributed by atoms with Crippen LogP contribution in [0.5, 0.6) is 0 Å². The molecule has 2 amide bonds. The molecule has 0 atom stereocenters. The van der Waals surface area contributed by atoms with Crippen LogP contribution in [0, 0.1) is 16.7 Å². The van der Waals surface area contributed by atoms with Gasteiger partial charge < -0.3 is 0 Å². The lowest BCUT2D eigenvalue weighted by molar-refractivity contribution is -0.146. The van der Waals surface area contributed by atoms with Crippen molar-refractivity contribution in [1.29, 1.82) is 5.26 Å². The molecule has 0 spiro atoms. The second-order valence-electron chi connectivity index (χ2n) is 4.64. The van der Waals surface area contributed by atoms with Crippen LogP contribution in [-0.2, 0) is 9.59 Å². The highest BCUT2D eigenvalue weighted by atomic mass is 16.2. The lowest BCUT2D eigenvalue weighted by Crippen LogP contribution is -2.52. The van der Waals surface area contributed by atoms with Gasteiger partial charge in [-0.2, -0.15) is 5.26 Å².